The highest BCUT2D eigenvalue weighted by molar-refractivity contribution is 5.85. The lowest BCUT2D eigenvalue weighted by Gasteiger charge is -2.18. The Kier molecular flexibility index (Phi) is 5.87. The number of nitrogens with two attached hydrogens (primary N) is 1. The van der Waals surface area contributed by atoms with E-state index in [-0.39, 0.29) is 36.3 Å². The van der Waals surface area contributed by atoms with E-state index in [9.17, 15) is 4.79 Å². The molecule has 2 heterocycles. The van der Waals surface area contributed by atoms with Crippen molar-refractivity contribution in [2.75, 3.05) is 0 Å². The molecule has 1 aliphatic rings. The molecule has 1 aliphatic carbocycles. The van der Waals surface area contributed by atoms with Gasteiger partial charge in [0.1, 0.15) is 0 Å². The Morgan fingerprint density at radius 3 is 2.55 bits per heavy atom. The Labute approximate surface area is 140 Å². The van der Waals surface area contributed by atoms with E-state index in [1.165, 1.54) is 0 Å². The van der Waals surface area contributed by atoms with Crippen molar-refractivity contribution in [3.05, 3.63) is 30.2 Å². The Morgan fingerprint density at radius 1 is 1.36 bits per heavy atom. The van der Waals surface area contributed by atoms with E-state index in [0.717, 1.165) is 29.8 Å². The van der Waals surface area contributed by atoms with Crippen molar-refractivity contribution in [3.63, 3.8) is 0 Å². The predicted octanol–water partition coefficient (Wildman–Crippen LogP) is 1.16. The summed E-state index contributed by atoms with van der Waals surface area (Å²) in [5, 5.41) is 18.0. The van der Waals surface area contributed by atoms with Crippen LogP contribution < -0.4 is 11.1 Å². The fourth-order valence-electron chi connectivity index (χ4n) is 2.05. The normalized spacial score (nSPS) is 15.9. The average molecular weight is 345 g/mol. The Hall–Kier alpha value is -1.70. The molecule has 9 heteroatoms. The van der Waals surface area contributed by atoms with Crippen LogP contribution in [0.25, 0.3) is 11.3 Å². The molecule has 4 N–H and O–H groups in total. The molecular formula is C13H18Cl2N6O. The van der Waals surface area contributed by atoms with E-state index >= 15 is 0 Å². The molecule has 22 heavy (non-hydrogen) atoms. The van der Waals surface area contributed by atoms with Crippen molar-refractivity contribution in [2.45, 2.75) is 31.3 Å². The lowest BCUT2D eigenvalue weighted by atomic mass is 10.1. The highest BCUT2D eigenvalue weighted by Gasteiger charge is 2.47. The number of hydrogen-bond acceptors (Lipinski definition) is 5. The highest BCUT2D eigenvalue weighted by atomic mass is 35.5. The molecule has 0 aromatic carbocycles. The van der Waals surface area contributed by atoms with Crippen LogP contribution >= 0.6 is 24.8 Å². The summed E-state index contributed by atoms with van der Waals surface area (Å²) in [7, 11) is 0. The maximum absolute atomic E-state index is 11.7. The summed E-state index contributed by atoms with van der Waals surface area (Å²) in [5.41, 5.74) is 7.60. The third kappa shape index (κ3) is 3.55. The van der Waals surface area contributed by atoms with Gasteiger partial charge in [0, 0.05) is 11.8 Å². The number of rotatable bonds is 4. The zero-order valence-corrected chi connectivity index (χ0v) is 13.6. The maximum Gasteiger partial charge on any atom is 0.237 e. The van der Waals surface area contributed by atoms with Gasteiger partial charge in [0.25, 0.3) is 0 Å². The molecule has 1 fully saturated rings. The number of hydrogen-bond donors (Lipinski definition) is 3. The van der Waals surface area contributed by atoms with Gasteiger partial charge < -0.3 is 11.1 Å². The number of carbonyl (C=O) groups excluding carboxylic acids is 1. The molecule has 2 aromatic heterocycles. The lowest BCUT2D eigenvalue weighted by molar-refractivity contribution is -0.123. The minimum Gasteiger partial charge on any atom is -0.344 e. The third-order valence-electron chi connectivity index (χ3n) is 3.47. The van der Waals surface area contributed by atoms with Gasteiger partial charge in [-0.2, -0.15) is 15.3 Å². The topological polar surface area (TPSA) is 110 Å². The average Bonchev–Trinajstić information content (AvgIpc) is 3.02. The summed E-state index contributed by atoms with van der Waals surface area (Å²) in [6.07, 6.45) is 5.18. The molecule has 0 unspecified atom stereocenters. The molecule has 1 amide bonds. The van der Waals surface area contributed by atoms with Crippen LogP contribution in [-0.4, -0.2) is 32.3 Å². The van der Waals surface area contributed by atoms with Crippen LogP contribution in [0.3, 0.4) is 0 Å². The van der Waals surface area contributed by atoms with E-state index in [2.05, 4.69) is 25.7 Å². The van der Waals surface area contributed by atoms with Gasteiger partial charge in [-0.3, -0.25) is 9.89 Å². The number of amides is 1. The van der Waals surface area contributed by atoms with E-state index in [4.69, 9.17) is 5.73 Å². The zero-order chi connectivity index (χ0) is 14.2. The molecule has 0 spiro atoms. The van der Waals surface area contributed by atoms with Crippen molar-refractivity contribution in [1.29, 1.82) is 0 Å². The summed E-state index contributed by atoms with van der Waals surface area (Å²) in [6, 6.07) is 3.25. The van der Waals surface area contributed by atoms with Crippen molar-refractivity contribution in [3.8, 4) is 11.3 Å². The van der Waals surface area contributed by atoms with Crippen molar-refractivity contribution in [2.24, 2.45) is 5.73 Å². The standard InChI is InChI=1S/C13H16N6O.2ClH/c1-8(14)12(20)17-13(4-5-13)11-3-2-10(18-19-11)9-6-15-16-7-9;;/h2-3,6-8H,4-5,14H2,1H3,(H,15,16)(H,17,20);2*1H/t8-;;/m0../s1. The second kappa shape index (κ2) is 7.04. The highest BCUT2D eigenvalue weighted by Crippen LogP contribution is 2.44. The Morgan fingerprint density at radius 2 is 2.09 bits per heavy atom. The van der Waals surface area contributed by atoms with Gasteiger partial charge in [-0.15, -0.1) is 24.8 Å². The van der Waals surface area contributed by atoms with Crippen molar-refractivity contribution >= 4 is 30.7 Å². The van der Waals surface area contributed by atoms with Crippen LogP contribution in [0.2, 0.25) is 0 Å². The fraction of sp³-hybridized carbons (Fsp3) is 0.385. The molecule has 0 saturated heterocycles. The first-order chi connectivity index (χ1) is 9.61. The summed E-state index contributed by atoms with van der Waals surface area (Å²) in [6.45, 7) is 1.67. The number of nitrogens with one attached hydrogen (secondary N) is 2. The molecule has 1 saturated carbocycles. The second-order valence-corrected chi connectivity index (χ2v) is 5.15. The molecule has 0 radical (unpaired) electrons. The SMILES string of the molecule is C[C@H](N)C(=O)NC1(c2ccc(-c3cn[nH]c3)nn2)CC1.Cl.Cl. The van der Waals surface area contributed by atoms with Gasteiger partial charge in [-0.05, 0) is 31.9 Å². The molecular weight excluding hydrogens is 327 g/mol. The summed E-state index contributed by atoms with van der Waals surface area (Å²) >= 11 is 0. The number of halogens is 2. The molecule has 1 atom stereocenters. The number of H-pyrrole nitrogens is 1. The van der Waals surface area contributed by atoms with Crippen molar-refractivity contribution in [1.82, 2.24) is 25.7 Å². The summed E-state index contributed by atoms with van der Waals surface area (Å²) < 4.78 is 0. The van der Waals surface area contributed by atoms with Gasteiger partial charge in [0.05, 0.1) is 29.2 Å². The first-order valence-corrected chi connectivity index (χ1v) is 6.52. The smallest absolute Gasteiger partial charge is 0.237 e. The van der Waals surface area contributed by atoms with Gasteiger partial charge in [-0.1, -0.05) is 0 Å². The summed E-state index contributed by atoms with van der Waals surface area (Å²) in [4.78, 5) is 11.7. The van der Waals surface area contributed by atoms with Gasteiger partial charge in [-0.25, -0.2) is 0 Å². The van der Waals surface area contributed by atoms with Crippen LogP contribution in [0.5, 0.6) is 0 Å². The quantitative estimate of drug-likeness (QED) is 0.770. The van der Waals surface area contributed by atoms with Crippen LogP contribution in [0.15, 0.2) is 24.5 Å². The molecule has 3 rings (SSSR count). The Balaban J connectivity index is 0.00000121. The van der Waals surface area contributed by atoms with E-state index < -0.39 is 6.04 Å². The minimum atomic E-state index is -0.523. The van der Waals surface area contributed by atoms with E-state index in [0.29, 0.717) is 0 Å². The van der Waals surface area contributed by atoms with Crippen molar-refractivity contribution < 1.29 is 4.79 Å². The van der Waals surface area contributed by atoms with Crippen LogP contribution in [0, 0.1) is 0 Å². The number of aromatic nitrogens is 4. The summed E-state index contributed by atoms with van der Waals surface area (Å²) in [5.74, 6) is -0.164. The first-order valence-electron chi connectivity index (χ1n) is 6.52. The van der Waals surface area contributed by atoms with Gasteiger partial charge in [0.2, 0.25) is 5.91 Å². The van der Waals surface area contributed by atoms with E-state index in [1.54, 1.807) is 19.3 Å². The van der Waals surface area contributed by atoms with Crippen LogP contribution in [-0.2, 0) is 10.3 Å². The zero-order valence-electron chi connectivity index (χ0n) is 11.9. The van der Waals surface area contributed by atoms with Gasteiger partial charge >= 0.3 is 0 Å². The molecule has 0 aliphatic heterocycles. The second-order valence-electron chi connectivity index (χ2n) is 5.15. The predicted molar refractivity (Wildman–Crippen MR) is 86.8 cm³/mol. The maximum atomic E-state index is 11.7. The Bertz CT molecular complexity index is 610. The molecule has 120 valence electrons. The van der Waals surface area contributed by atoms with Crippen LogP contribution in [0.1, 0.15) is 25.5 Å². The molecule has 2 aromatic rings. The van der Waals surface area contributed by atoms with Gasteiger partial charge in [0.15, 0.2) is 0 Å². The third-order valence-corrected chi connectivity index (χ3v) is 3.47. The minimum absolute atomic E-state index is 0. The number of aromatic amines is 1. The molecule has 7 nitrogen and oxygen atoms in total. The largest absolute Gasteiger partial charge is 0.344 e. The first kappa shape index (κ1) is 18.3. The number of nitrogens with zero attached hydrogens (tertiary/aromatic N) is 3. The molecule has 0 bridgehead atoms. The van der Waals surface area contributed by atoms with Crippen LogP contribution in [0.4, 0.5) is 0 Å². The fourth-order valence-corrected chi connectivity index (χ4v) is 2.05. The monoisotopic (exact) mass is 344 g/mol. The van der Waals surface area contributed by atoms with E-state index in [1.807, 2.05) is 12.1 Å². The lowest BCUT2D eigenvalue weighted by Crippen LogP contribution is -2.44. The number of carbonyl (C=O) groups is 1.